The van der Waals surface area contributed by atoms with Gasteiger partial charge in [-0.3, -0.25) is 10.1 Å². The largest absolute Gasteiger partial charge is 0.334 e. The van der Waals surface area contributed by atoms with E-state index in [1.807, 2.05) is 7.05 Å². The van der Waals surface area contributed by atoms with Crippen LogP contribution in [0.5, 0.6) is 0 Å². The molecule has 0 bridgehead atoms. The molecule has 1 aromatic heterocycles. The zero-order valence-corrected chi connectivity index (χ0v) is 10.7. The molecular weight excluding hydrogens is 248 g/mol. The molecule has 0 saturated heterocycles. The number of nitrogens with one attached hydrogen (secondary N) is 1. The fourth-order valence-electron chi connectivity index (χ4n) is 1.70. The van der Waals surface area contributed by atoms with Crippen LogP contribution in [0.4, 0.5) is 5.69 Å². The van der Waals surface area contributed by atoms with Crippen LogP contribution in [0, 0.1) is 17.0 Å². The molecule has 0 atom stereocenters. The van der Waals surface area contributed by atoms with E-state index in [0.717, 1.165) is 6.54 Å². The third-order valence-electron chi connectivity index (χ3n) is 2.71. The first-order chi connectivity index (χ1) is 9.11. The summed E-state index contributed by atoms with van der Waals surface area (Å²) in [4.78, 5) is 14.6. The lowest BCUT2D eigenvalue weighted by atomic mass is 10.1. The first-order valence-electron chi connectivity index (χ1n) is 5.84. The van der Waals surface area contributed by atoms with E-state index in [0.29, 0.717) is 29.3 Å². The number of hydrogen-bond donors (Lipinski definition) is 1. The first-order valence-corrected chi connectivity index (χ1v) is 5.84. The fourth-order valence-corrected chi connectivity index (χ4v) is 1.70. The Morgan fingerprint density at radius 3 is 2.89 bits per heavy atom. The minimum atomic E-state index is -0.411. The van der Waals surface area contributed by atoms with Crippen molar-refractivity contribution in [3.05, 3.63) is 39.7 Å². The Hall–Kier alpha value is -2.28. The first kappa shape index (κ1) is 13.2. The normalized spacial score (nSPS) is 10.6. The Balaban J connectivity index is 2.24. The van der Waals surface area contributed by atoms with Crippen LogP contribution < -0.4 is 5.32 Å². The minimum absolute atomic E-state index is 0.0821. The van der Waals surface area contributed by atoms with Crippen molar-refractivity contribution in [3.63, 3.8) is 0 Å². The smallest absolute Gasteiger partial charge is 0.272 e. The molecule has 0 amide bonds. The number of aryl methyl sites for hydroxylation is 1. The minimum Gasteiger partial charge on any atom is -0.334 e. The third-order valence-corrected chi connectivity index (χ3v) is 2.71. The molecule has 1 aromatic carbocycles. The second kappa shape index (κ2) is 5.57. The van der Waals surface area contributed by atoms with Crippen molar-refractivity contribution in [2.24, 2.45) is 0 Å². The van der Waals surface area contributed by atoms with Crippen LogP contribution in [-0.2, 0) is 6.42 Å². The average Bonchev–Trinajstić information content (AvgIpc) is 2.84. The molecule has 0 aliphatic heterocycles. The van der Waals surface area contributed by atoms with Crippen LogP contribution in [0.2, 0.25) is 0 Å². The highest BCUT2D eigenvalue weighted by Crippen LogP contribution is 2.24. The number of nitrogens with zero attached hydrogens (tertiary/aromatic N) is 3. The Morgan fingerprint density at radius 2 is 2.26 bits per heavy atom. The van der Waals surface area contributed by atoms with Gasteiger partial charge in [-0.25, -0.2) is 0 Å². The number of nitro groups is 1. The van der Waals surface area contributed by atoms with Gasteiger partial charge in [0.15, 0.2) is 5.82 Å². The summed E-state index contributed by atoms with van der Waals surface area (Å²) >= 11 is 0. The van der Waals surface area contributed by atoms with Gasteiger partial charge in [0.25, 0.3) is 11.6 Å². The molecule has 7 nitrogen and oxygen atoms in total. The zero-order valence-electron chi connectivity index (χ0n) is 10.7. The number of hydrogen-bond acceptors (Lipinski definition) is 6. The van der Waals surface area contributed by atoms with E-state index in [9.17, 15) is 10.1 Å². The summed E-state index contributed by atoms with van der Waals surface area (Å²) in [5.41, 5.74) is 1.34. The lowest BCUT2D eigenvalue weighted by Gasteiger charge is -1.98. The van der Waals surface area contributed by atoms with E-state index in [4.69, 9.17) is 4.52 Å². The van der Waals surface area contributed by atoms with E-state index in [-0.39, 0.29) is 5.69 Å². The molecule has 2 rings (SSSR count). The Kier molecular flexibility index (Phi) is 3.86. The summed E-state index contributed by atoms with van der Waals surface area (Å²) in [5.74, 6) is 0.990. The van der Waals surface area contributed by atoms with E-state index in [2.05, 4.69) is 15.5 Å². The highest BCUT2D eigenvalue weighted by atomic mass is 16.6. The standard InChI is InChI=1S/C12H14N4O3/c1-8-7-9(3-4-10(8)16(17)18)12-14-11(15-19-12)5-6-13-2/h3-4,7,13H,5-6H2,1-2H3. The van der Waals surface area contributed by atoms with E-state index in [1.54, 1.807) is 19.1 Å². The van der Waals surface area contributed by atoms with Gasteiger partial charge in [-0.15, -0.1) is 0 Å². The van der Waals surface area contributed by atoms with Crippen molar-refractivity contribution >= 4 is 5.69 Å². The predicted octanol–water partition coefficient (Wildman–Crippen LogP) is 1.72. The van der Waals surface area contributed by atoms with Crippen LogP contribution in [0.1, 0.15) is 11.4 Å². The number of rotatable bonds is 5. The highest BCUT2D eigenvalue weighted by Gasteiger charge is 2.14. The zero-order chi connectivity index (χ0) is 13.8. The van der Waals surface area contributed by atoms with Crippen molar-refractivity contribution < 1.29 is 9.45 Å². The average molecular weight is 262 g/mol. The van der Waals surface area contributed by atoms with Crippen LogP contribution >= 0.6 is 0 Å². The monoisotopic (exact) mass is 262 g/mol. The SMILES string of the molecule is CNCCc1noc(-c2ccc([N+](=O)[O-])c(C)c2)n1. The van der Waals surface area contributed by atoms with Gasteiger partial charge in [0.2, 0.25) is 0 Å². The maximum absolute atomic E-state index is 10.7. The molecule has 0 fully saturated rings. The number of aromatic nitrogens is 2. The van der Waals surface area contributed by atoms with E-state index in [1.165, 1.54) is 6.07 Å². The molecule has 1 heterocycles. The van der Waals surface area contributed by atoms with Crippen LogP contribution in [0.15, 0.2) is 22.7 Å². The lowest BCUT2D eigenvalue weighted by Crippen LogP contribution is -2.10. The molecule has 0 unspecified atom stereocenters. The Labute approximate surface area is 109 Å². The molecule has 100 valence electrons. The number of benzene rings is 1. The van der Waals surface area contributed by atoms with Gasteiger partial charge in [-0.05, 0) is 26.1 Å². The highest BCUT2D eigenvalue weighted by molar-refractivity contribution is 5.58. The van der Waals surface area contributed by atoms with Crippen molar-refractivity contribution in [2.75, 3.05) is 13.6 Å². The van der Waals surface area contributed by atoms with Gasteiger partial charge in [0.05, 0.1) is 4.92 Å². The van der Waals surface area contributed by atoms with Gasteiger partial charge in [-0.1, -0.05) is 5.16 Å². The van der Waals surface area contributed by atoms with Crippen LogP contribution in [-0.4, -0.2) is 28.7 Å². The topological polar surface area (TPSA) is 94.1 Å². The molecule has 7 heteroatoms. The van der Waals surface area contributed by atoms with Gasteiger partial charge < -0.3 is 9.84 Å². The van der Waals surface area contributed by atoms with Crippen LogP contribution in [0.3, 0.4) is 0 Å². The maximum Gasteiger partial charge on any atom is 0.272 e. The summed E-state index contributed by atoms with van der Waals surface area (Å²) in [6.07, 6.45) is 0.673. The van der Waals surface area contributed by atoms with Gasteiger partial charge >= 0.3 is 0 Å². The van der Waals surface area contributed by atoms with Gasteiger partial charge in [0.1, 0.15) is 0 Å². The number of likely N-dealkylation sites (N-methyl/N-ethyl adjacent to an activating group) is 1. The fraction of sp³-hybridized carbons (Fsp3) is 0.333. The molecule has 0 aliphatic carbocycles. The Morgan fingerprint density at radius 1 is 1.47 bits per heavy atom. The molecule has 19 heavy (non-hydrogen) atoms. The second-order valence-electron chi connectivity index (χ2n) is 4.13. The quantitative estimate of drug-likeness (QED) is 0.651. The Bertz CT molecular complexity index is 594. The molecule has 2 aromatic rings. The van der Waals surface area contributed by atoms with Crippen LogP contribution in [0.25, 0.3) is 11.5 Å². The predicted molar refractivity (Wildman–Crippen MR) is 68.8 cm³/mol. The second-order valence-corrected chi connectivity index (χ2v) is 4.13. The lowest BCUT2D eigenvalue weighted by molar-refractivity contribution is -0.385. The molecule has 0 spiro atoms. The molecule has 1 N–H and O–H groups in total. The van der Waals surface area contributed by atoms with Gasteiger partial charge in [0, 0.05) is 30.2 Å². The van der Waals surface area contributed by atoms with Crippen molar-refractivity contribution in [1.29, 1.82) is 0 Å². The van der Waals surface area contributed by atoms with Crippen molar-refractivity contribution in [3.8, 4) is 11.5 Å². The third kappa shape index (κ3) is 2.94. The van der Waals surface area contributed by atoms with Crippen molar-refractivity contribution in [2.45, 2.75) is 13.3 Å². The maximum atomic E-state index is 10.7. The van der Waals surface area contributed by atoms with E-state index >= 15 is 0 Å². The molecule has 0 saturated carbocycles. The van der Waals surface area contributed by atoms with Crippen molar-refractivity contribution in [1.82, 2.24) is 15.5 Å². The molecular formula is C12H14N4O3. The molecule has 0 radical (unpaired) electrons. The summed E-state index contributed by atoms with van der Waals surface area (Å²) in [7, 11) is 1.85. The summed E-state index contributed by atoms with van der Waals surface area (Å²) in [5, 5.41) is 17.6. The van der Waals surface area contributed by atoms with E-state index < -0.39 is 4.92 Å². The summed E-state index contributed by atoms with van der Waals surface area (Å²) in [6.45, 7) is 2.44. The number of nitro benzene ring substituents is 1. The summed E-state index contributed by atoms with van der Waals surface area (Å²) in [6, 6.07) is 4.73. The summed E-state index contributed by atoms with van der Waals surface area (Å²) < 4.78 is 5.14. The molecule has 0 aliphatic rings. The van der Waals surface area contributed by atoms with Gasteiger partial charge in [-0.2, -0.15) is 4.98 Å².